The number of para-hydroxylation sites is 1. The number of ether oxygens (including phenoxy) is 1. The first-order chi connectivity index (χ1) is 11.3. The molecular weight excluding hydrogens is 310 g/mol. The van der Waals surface area contributed by atoms with Crippen LogP contribution in [0.1, 0.15) is 32.4 Å². The van der Waals surface area contributed by atoms with E-state index >= 15 is 0 Å². The van der Waals surface area contributed by atoms with E-state index in [1.165, 1.54) is 0 Å². The fraction of sp³-hybridized carbons (Fsp3) is 0.471. The minimum atomic E-state index is -0.572. The van der Waals surface area contributed by atoms with Gasteiger partial charge in [-0.1, -0.05) is 32.0 Å². The van der Waals surface area contributed by atoms with Crippen molar-refractivity contribution in [2.45, 2.75) is 32.9 Å². The molecule has 1 aromatic carbocycles. The summed E-state index contributed by atoms with van der Waals surface area (Å²) in [5, 5.41) is 5.39. The Morgan fingerprint density at radius 1 is 1.29 bits per heavy atom. The lowest BCUT2D eigenvalue weighted by Gasteiger charge is -2.19. The molecule has 0 saturated carbocycles. The Kier molecular flexibility index (Phi) is 5.43. The molecule has 0 spiro atoms. The summed E-state index contributed by atoms with van der Waals surface area (Å²) in [6, 6.07) is 5.95. The van der Waals surface area contributed by atoms with Gasteiger partial charge in [-0.05, 0) is 18.9 Å². The van der Waals surface area contributed by atoms with Gasteiger partial charge in [0.1, 0.15) is 18.3 Å². The van der Waals surface area contributed by atoms with Crippen molar-refractivity contribution in [3.63, 3.8) is 0 Å². The summed E-state index contributed by atoms with van der Waals surface area (Å²) in [7, 11) is 1.56. The van der Waals surface area contributed by atoms with Gasteiger partial charge >= 0.3 is 6.03 Å². The first-order valence-electron chi connectivity index (χ1n) is 7.89. The second kappa shape index (κ2) is 7.33. The first kappa shape index (κ1) is 17.8. The Morgan fingerprint density at radius 3 is 2.54 bits per heavy atom. The highest BCUT2D eigenvalue weighted by Gasteiger charge is 2.40. The molecule has 7 heteroatoms. The summed E-state index contributed by atoms with van der Waals surface area (Å²) < 4.78 is 5.28. The lowest BCUT2D eigenvalue weighted by atomic mass is 10.1. The van der Waals surface area contributed by atoms with Crippen LogP contribution in [0.25, 0.3) is 0 Å². The summed E-state index contributed by atoms with van der Waals surface area (Å²) in [6.45, 7) is 5.21. The Morgan fingerprint density at radius 2 is 1.96 bits per heavy atom. The van der Waals surface area contributed by atoms with E-state index < -0.39 is 18.0 Å². The summed E-state index contributed by atoms with van der Waals surface area (Å²) in [5.41, 5.74) is 0.825. The molecule has 1 aliphatic rings. The van der Waals surface area contributed by atoms with Gasteiger partial charge in [0, 0.05) is 5.56 Å². The molecular formula is C17H23N3O4. The molecule has 1 saturated heterocycles. The Hall–Kier alpha value is -2.57. The van der Waals surface area contributed by atoms with Crippen LogP contribution in [0.4, 0.5) is 4.79 Å². The molecule has 0 bridgehead atoms. The molecule has 0 unspecified atom stereocenters. The van der Waals surface area contributed by atoms with Gasteiger partial charge in [-0.25, -0.2) is 4.79 Å². The predicted molar refractivity (Wildman–Crippen MR) is 88.4 cm³/mol. The summed E-state index contributed by atoms with van der Waals surface area (Å²) in [4.78, 5) is 37.3. The number of nitrogens with zero attached hydrogens (tertiary/aromatic N) is 1. The molecule has 24 heavy (non-hydrogen) atoms. The van der Waals surface area contributed by atoms with Crippen LogP contribution in [0.2, 0.25) is 0 Å². The quantitative estimate of drug-likeness (QED) is 0.771. The van der Waals surface area contributed by atoms with Gasteiger partial charge in [0.25, 0.3) is 5.91 Å². The molecule has 2 atom stereocenters. The van der Waals surface area contributed by atoms with Gasteiger partial charge in [0.15, 0.2) is 0 Å². The number of nitrogens with one attached hydrogen (secondary N) is 2. The van der Waals surface area contributed by atoms with Crippen molar-refractivity contribution in [3.8, 4) is 5.75 Å². The van der Waals surface area contributed by atoms with Gasteiger partial charge in [0.05, 0.1) is 13.2 Å². The highest BCUT2D eigenvalue weighted by molar-refractivity contribution is 6.06. The van der Waals surface area contributed by atoms with E-state index in [2.05, 4.69) is 10.6 Å². The third-order valence-electron chi connectivity index (χ3n) is 4.01. The largest absolute Gasteiger partial charge is 0.496 e. The topological polar surface area (TPSA) is 87.7 Å². The number of rotatable bonds is 6. The maximum atomic E-state index is 12.2. The first-order valence-corrected chi connectivity index (χ1v) is 7.89. The summed E-state index contributed by atoms with van der Waals surface area (Å²) >= 11 is 0. The monoisotopic (exact) mass is 333 g/mol. The SMILES string of the molecule is COc1ccccc1[C@@H](C)NC(=O)CN1C(=O)N[C@H](C(C)C)C1=O. The lowest BCUT2D eigenvalue weighted by molar-refractivity contribution is -0.133. The number of carbonyl (C=O) groups excluding carboxylic acids is 3. The highest BCUT2D eigenvalue weighted by atomic mass is 16.5. The van der Waals surface area contributed by atoms with Crippen LogP contribution in [0.3, 0.4) is 0 Å². The average Bonchev–Trinajstić information content (AvgIpc) is 2.83. The lowest BCUT2D eigenvalue weighted by Crippen LogP contribution is -2.42. The number of imide groups is 1. The molecule has 2 rings (SSSR count). The minimum Gasteiger partial charge on any atom is -0.496 e. The molecule has 0 aromatic heterocycles. The Bertz CT molecular complexity index is 644. The molecule has 1 heterocycles. The number of methoxy groups -OCH3 is 1. The standard InChI is InChI=1S/C17H23N3O4/c1-10(2)15-16(22)20(17(23)19-15)9-14(21)18-11(3)12-7-5-6-8-13(12)24-4/h5-8,10-11,15H,9H2,1-4H3,(H,18,21)(H,19,23)/t11-,15-/m1/s1. The van der Waals surface area contributed by atoms with Crippen molar-refractivity contribution < 1.29 is 19.1 Å². The summed E-state index contributed by atoms with van der Waals surface area (Å²) in [5.74, 6) is -0.126. The number of hydrogen-bond acceptors (Lipinski definition) is 4. The van der Waals surface area contributed by atoms with Crippen molar-refractivity contribution in [2.24, 2.45) is 5.92 Å². The molecule has 7 nitrogen and oxygen atoms in total. The van der Waals surface area contributed by atoms with Crippen molar-refractivity contribution in [1.82, 2.24) is 15.5 Å². The van der Waals surface area contributed by atoms with Crippen molar-refractivity contribution in [3.05, 3.63) is 29.8 Å². The fourth-order valence-corrected chi connectivity index (χ4v) is 2.67. The normalized spacial score (nSPS) is 18.5. The second-order valence-corrected chi connectivity index (χ2v) is 6.13. The van der Waals surface area contributed by atoms with Crippen LogP contribution >= 0.6 is 0 Å². The van der Waals surface area contributed by atoms with Crippen LogP contribution in [-0.2, 0) is 9.59 Å². The van der Waals surface area contributed by atoms with E-state index in [4.69, 9.17) is 4.74 Å². The van der Waals surface area contributed by atoms with E-state index in [1.807, 2.05) is 45.0 Å². The summed E-state index contributed by atoms with van der Waals surface area (Å²) in [6.07, 6.45) is 0. The van der Waals surface area contributed by atoms with E-state index in [1.54, 1.807) is 7.11 Å². The Balaban J connectivity index is 2.00. The molecule has 130 valence electrons. The fourth-order valence-electron chi connectivity index (χ4n) is 2.67. The van der Waals surface area contributed by atoms with E-state index in [-0.39, 0.29) is 24.4 Å². The predicted octanol–water partition coefficient (Wildman–Crippen LogP) is 1.45. The highest BCUT2D eigenvalue weighted by Crippen LogP contribution is 2.24. The van der Waals surface area contributed by atoms with Gasteiger partial charge < -0.3 is 15.4 Å². The minimum absolute atomic E-state index is 0.0259. The van der Waals surface area contributed by atoms with Crippen molar-refractivity contribution in [1.29, 1.82) is 0 Å². The molecule has 1 fully saturated rings. The number of carbonyl (C=O) groups is 3. The zero-order valence-electron chi connectivity index (χ0n) is 14.3. The van der Waals surface area contributed by atoms with E-state index in [0.29, 0.717) is 5.75 Å². The van der Waals surface area contributed by atoms with E-state index in [0.717, 1.165) is 10.5 Å². The zero-order valence-corrected chi connectivity index (χ0v) is 14.3. The number of urea groups is 1. The maximum absolute atomic E-state index is 12.2. The van der Waals surface area contributed by atoms with Gasteiger partial charge in [-0.3, -0.25) is 14.5 Å². The van der Waals surface area contributed by atoms with Crippen molar-refractivity contribution in [2.75, 3.05) is 13.7 Å². The van der Waals surface area contributed by atoms with Crippen LogP contribution in [0, 0.1) is 5.92 Å². The average molecular weight is 333 g/mol. The van der Waals surface area contributed by atoms with Gasteiger partial charge in [-0.2, -0.15) is 0 Å². The third-order valence-corrected chi connectivity index (χ3v) is 4.01. The molecule has 0 radical (unpaired) electrons. The van der Waals surface area contributed by atoms with Gasteiger partial charge in [0.2, 0.25) is 5.91 Å². The zero-order chi connectivity index (χ0) is 17.9. The van der Waals surface area contributed by atoms with E-state index in [9.17, 15) is 14.4 Å². The molecule has 1 aromatic rings. The van der Waals surface area contributed by atoms with Crippen LogP contribution in [0.5, 0.6) is 5.75 Å². The van der Waals surface area contributed by atoms with Crippen LogP contribution in [0.15, 0.2) is 24.3 Å². The number of amides is 4. The van der Waals surface area contributed by atoms with Crippen LogP contribution < -0.4 is 15.4 Å². The maximum Gasteiger partial charge on any atom is 0.325 e. The third kappa shape index (κ3) is 3.67. The van der Waals surface area contributed by atoms with Crippen molar-refractivity contribution >= 4 is 17.8 Å². The van der Waals surface area contributed by atoms with Gasteiger partial charge in [-0.15, -0.1) is 0 Å². The molecule has 1 aliphatic heterocycles. The number of benzene rings is 1. The molecule has 0 aliphatic carbocycles. The molecule has 4 amide bonds. The molecule has 2 N–H and O–H groups in total. The number of hydrogen-bond donors (Lipinski definition) is 2. The Labute approximate surface area is 141 Å². The second-order valence-electron chi connectivity index (χ2n) is 6.13. The smallest absolute Gasteiger partial charge is 0.325 e. The van der Waals surface area contributed by atoms with Crippen LogP contribution in [-0.4, -0.2) is 42.4 Å².